The lowest BCUT2D eigenvalue weighted by atomic mass is 9.97. The fraction of sp³-hybridized carbons (Fsp3) is 0.200. The maximum absolute atomic E-state index is 12.6. The Morgan fingerprint density at radius 3 is 2.41 bits per heavy atom. The zero-order valence-corrected chi connectivity index (χ0v) is 8.38. The maximum Gasteiger partial charge on any atom is 0.418 e. The first-order valence-electron chi connectivity index (χ1n) is 4.38. The molecule has 0 unspecified atom stereocenters. The van der Waals surface area contributed by atoms with Crippen molar-refractivity contribution in [2.24, 2.45) is 5.73 Å². The number of carbonyl (C=O) groups is 1. The SMILES string of the molecule is N#Cc1cc(CN)cc(C(=O)O)c1C(F)(F)F. The van der Waals surface area contributed by atoms with Crippen molar-refractivity contribution in [1.82, 2.24) is 0 Å². The van der Waals surface area contributed by atoms with Gasteiger partial charge in [0.15, 0.2) is 0 Å². The Kier molecular flexibility index (Phi) is 3.39. The highest BCUT2D eigenvalue weighted by molar-refractivity contribution is 5.90. The van der Waals surface area contributed by atoms with Gasteiger partial charge in [0.25, 0.3) is 0 Å². The minimum atomic E-state index is -4.90. The molecule has 0 radical (unpaired) electrons. The van der Waals surface area contributed by atoms with Crippen molar-refractivity contribution in [3.05, 3.63) is 34.4 Å². The maximum atomic E-state index is 12.6. The number of carboxylic acids is 1. The van der Waals surface area contributed by atoms with Crippen LogP contribution in [0.25, 0.3) is 0 Å². The minimum absolute atomic E-state index is 0.146. The molecule has 0 saturated carbocycles. The van der Waals surface area contributed by atoms with E-state index in [-0.39, 0.29) is 12.1 Å². The van der Waals surface area contributed by atoms with E-state index in [1.165, 1.54) is 6.07 Å². The molecule has 0 bridgehead atoms. The number of benzene rings is 1. The van der Waals surface area contributed by atoms with Crippen molar-refractivity contribution in [2.45, 2.75) is 12.7 Å². The largest absolute Gasteiger partial charge is 0.478 e. The van der Waals surface area contributed by atoms with E-state index in [1.807, 2.05) is 0 Å². The fourth-order valence-corrected chi connectivity index (χ4v) is 1.38. The predicted molar refractivity (Wildman–Crippen MR) is 51.0 cm³/mol. The second-order valence-corrected chi connectivity index (χ2v) is 3.18. The van der Waals surface area contributed by atoms with Crippen LogP contribution in [-0.2, 0) is 12.7 Å². The number of alkyl halides is 3. The van der Waals surface area contributed by atoms with Crippen LogP contribution < -0.4 is 5.73 Å². The highest BCUT2D eigenvalue weighted by Crippen LogP contribution is 2.35. The second-order valence-electron chi connectivity index (χ2n) is 3.18. The molecule has 0 aliphatic heterocycles. The van der Waals surface area contributed by atoms with E-state index in [4.69, 9.17) is 16.1 Å². The van der Waals surface area contributed by atoms with Crippen LogP contribution in [0.1, 0.15) is 27.0 Å². The summed E-state index contributed by atoms with van der Waals surface area (Å²) in [6.07, 6.45) is -4.90. The predicted octanol–water partition coefficient (Wildman–Crippen LogP) is 1.73. The van der Waals surface area contributed by atoms with Gasteiger partial charge in [0.2, 0.25) is 0 Å². The molecule has 7 heteroatoms. The lowest BCUT2D eigenvalue weighted by molar-refractivity contribution is -0.138. The van der Waals surface area contributed by atoms with Gasteiger partial charge in [-0.2, -0.15) is 18.4 Å². The topological polar surface area (TPSA) is 87.1 Å². The Hall–Kier alpha value is -2.07. The Balaban J connectivity index is 3.66. The summed E-state index contributed by atoms with van der Waals surface area (Å²) >= 11 is 0. The van der Waals surface area contributed by atoms with Gasteiger partial charge in [-0.05, 0) is 17.7 Å². The lowest BCUT2D eigenvalue weighted by Gasteiger charge is -2.13. The third-order valence-corrected chi connectivity index (χ3v) is 2.07. The summed E-state index contributed by atoms with van der Waals surface area (Å²) in [5, 5.41) is 17.3. The van der Waals surface area contributed by atoms with Crippen molar-refractivity contribution < 1.29 is 23.1 Å². The van der Waals surface area contributed by atoms with Crippen LogP contribution in [0.2, 0.25) is 0 Å². The molecule has 0 aliphatic rings. The van der Waals surface area contributed by atoms with E-state index in [0.717, 1.165) is 12.1 Å². The molecule has 0 heterocycles. The van der Waals surface area contributed by atoms with Crippen molar-refractivity contribution in [1.29, 1.82) is 5.26 Å². The van der Waals surface area contributed by atoms with Crippen LogP contribution in [0.3, 0.4) is 0 Å². The van der Waals surface area contributed by atoms with E-state index in [1.54, 1.807) is 0 Å². The first-order chi connectivity index (χ1) is 7.81. The first kappa shape index (κ1) is 13.0. The third kappa shape index (κ3) is 2.54. The number of nitrogens with zero attached hydrogens (tertiary/aromatic N) is 1. The van der Waals surface area contributed by atoms with E-state index in [2.05, 4.69) is 0 Å². The third-order valence-electron chi connectivity index (χ3n) is 2.07. The van der Waals surface area contributed by atoms with Crippen molar-refractivity contribution in [2.75, 3.05) is 0 Å². The lowest BCUT2D eigenvalue weighted by Crippen LogP contribution is -2.16. The summed E-state index contributed by atoms with van der Waals surface area (Å²) in [7, 11) is 0. The molecule has 0 aromatic heterocycles. The van der Waals surface area contributed by atoms with E-state index in [9.17, 15) is 18.0 Å². The molecule has 4 nitrogen and oxygen atoms in total. The van der Waals surface area contributed by atoms with Crippen LogP contribution in [0.5, 0.6) is 0 Å². The molecule has 0 aliphatic carbocycles. The molecule has 0 amide bonds. The number of nitrogens with two attached hydrogens (primary N) is 1. The van der Waals surface area contributed by atoms with Crippen LogP contribution in [0.4, 0.5) is 13.2 Å². The molecule has 0 fully saturated rings. The van der Waals surface area contributed by atoms with Gasteiger partial charge in [-0.3, -0.25) is 0 Å². The number of carboxylic acid groups (broad SMARTS) is 1. The van der Waals surface area contributed by atoms with E-state index >= 15 is 0 Å². The van der Waals surface area contributed by atoms with Crippen LogP contribution in [-0.4, -0.2) is 11.1 Å². The van der Waals surface area contributed by atoms with E-state index < -0.39 is 28.8 Å². The molecule has 0 spiro atoms. The summed E-state index contributed by atoms with van der Waals surface area (Å²) in [5.74, 6) is -1.75. The Bertz CT molecular complexity index is 503. The molecule has 0 atom stereocenters. The van der Waals surface area contributed by atoms with E-state index in [0.29, 0.717) is 0 Å². The van der Waals surface area contributed by atoms with Crippen LogP contribution in [0.15, 0.2) is 12.1 Å². The molecular formula is C10H7F3N2O2. The van der Waals surface area contributed by atoms with Crippen molar-refractivity contribution in [3.8, 4) is 6.07 Å². The minimum Gasteiger partial charge on any atom is -0.478 e. The smallest absolute Gasteiger partial charge is 0.418 e. The number of hydrogen-bond acceptors (Lipinski definition) is 3. The van der Waals surface area contributed by atoms with Crippen LogP contribution in [0, 0.1) is 11.3 Å². The molecule has 1 aromatic rings. The van der Waals surface area contributed by atoms with Gasteiger partial charge in [-0.25, -0.2) is 4.79 Å². The van der Waals surface area contributed by atoms with Gasteiger partial charge < -0.3 is 10.8 Å². The molecular weight excluding hydrogens is 237 g/mol. The van der Waals surface area contributed by atoms with Gasteiger partial charge >= 0.3 is 12.1 Å². The molecule has 1 rings (SSSR count). The molecule has 17 heavy (non-hydrogen) atoms. The molecule has 90 valence electrons. The summed E-state index contributed by atoms with van der Waals surface area (Å²) in [4.78, 5) is 10.8. The van der Waals surface area contributed by atoms with Gasteiger partial charge in [0, 0.05) is 6.54 Å². The average Bonchev–Trinajstić information content (AvgIpc) is 2.25. The van der Waals surface area contributed by atoms with Crippen molar-refractivity contribution >= 4 is 5.97 Å². The first-order valence-corrected chi connectivity index (χ1v) is 4.38. The van der Waals surface area contributed by atoms with Gasteiger partial charge in [0.05, 0.1) is 22.8 Å². The zero-order chi connectivity index (χ0) is 13.2. The Morgan fingerprint density at radius 1 is 1.47 bits per heavy atom. The fourth-order valence-electron chi connectivity index (χ4n) is 1.38. The summed E-state index contributed by atoms with van der Waals surface area (Å²) in [5.41, 5.74) is 2.24. The monoisotopic (exact) mass is 244 g/mol. The average molecular weight is 244 g/mol. The summed E-state index contributed by atoms with van der Waals surface area (Å²) in [6, 6.07) is 3.10. The van der Waals surface area contributed by atoms with Gasteiger partial charge in [0.1, 0.15) is 0 Å². The second kappa shape index (κ2) is 4.43. The molecule has 3 N–H and O–H groups in total. The highest BCUT2D eigenvalue weighted by Gasteiger charge is 2.38. The standard InChI is InChI=1S/C10H7F3N2O2/c11-10(12,13)8-6(4-15)1-5(3-14)2-7(8)9(16)17/h1-2H,3,14H2,(H,16,17). The zero-order valence-electron chi connectivity index (χ0n) is 8.38. The molecule has 1 aromatic carbocycles. The number of hydrogen-bond donors (Lipinski definition) is 2. The summed E-state index contributed by atoms with van der Waals surface area (Å²) < 4.78 is 37.9. The van der Waals surface area contributed by atoms with Crippen molar-refractivity contribution in [3.63, 3.8) is 0 Å². The Labute approximate surface area is 94.1 Å². The number of aromatic carboxylic acids is 1. The normalized spacial score (nSPS) is 11.0. The highest BCUT2D eigenvalue weighted by atomic mass is 19.4. The van der Waals surface area contributed by atoms with Gasteiger partial charge in [-0.1, -0.05) is 0 Å². The summed E-state index contributed by atoms with van der Waals surface area (Å²) in [6.45, 7) is -0.146. The van der Waals surface area contributed by atoms with Gasteiger partial charge in [-0.15, -0.1) is 0 Å². The number of halogens is 3. The number of rotatable bonds is 2. The van der Waals surface area contributed by atoms with Crippen LogP contribution >= 0.6 is 0 Å². The number of nitriles is 1. The quantitative estimate of drug-likeness (QED) is 0.829. The molecule has 0 saturated heterocycles. The Morgan fingerprint density at radius 2 is 2.06 bits per heavy atom.